The smallest absolute Gasteiger partial charge is 0.104 e. The van der Waals surface area contributed by atoms with Crippen molar-refractivity contribution in [1.29, 1.82) is 0 Å². The van der Waals surface area contributed by atoms with Gasteiger partial charge in [0, 0.05) is 26.7 Å². The van der Waals surface area contributed by atoms with Crippen molar-refractivity contribution in [3.05, 3.63) is 34.9 Å². The van der Waals surface area contributed by atoms with Crippen LogP contribution in [0.15, 0.2) is 40.0 Å². The fourth-order valence-corrected chi connectivity index (χ4v) is 2.98. The lowest BCUT2D eigenvalue weighted by Crippen LogP contribution is -2.15. The van der Waals surface area contributed by atoms with E-state index in [1.807, 2.05) is 31.3 Å². The summed E-state index contributed by atoms with van der Waals surface area (Å²) in [6.07, 6.45) is 1.47. The first-order valence-corrected chi connectivity index (χ1v) is 7.15. The van der Waals surface area contributed by atoms with Crippen LogP contribution in [0.25, 0.3) is 10.8 Å². The summed E-state index contributed by atoms with van der Waals surface area (Å²) >= 11 is 5.15. The first kappa shape index (κ1) is 12.9. The van der Waals surface area contributed by atoms with E-state index in [0.29, 0.717) is 0 Å². The van der Waals surface area contributed by atoms with Gasteiger partial charge in [0.05, 0.1) is 6.10 Å². The van der Waals surface area contributed by atoms with Gasteiger partial charge in [-0.1, -0.05) is 35.0 Å². The number of hydrogen-bond donors (Lipinski definition) is 1. The molecule has 2 rings (SSSR count). The van der Waals surface area contributed by atoms with Crippen LogP contribution >= 0.6 is 27.7 Å². The number of pyridine rings is 1. The summed E-state index contributed by atoms with van der Waals surface area (Å²) in [5, 5.41) is 12.9. The van der Waals surface area contributed by atoms with Crippen LogP contribution in [0.5, 0.6) is 0 Å². The Morgan fingerprint density at radius 3 is 2.71 bits per heavy atom. The fourth-order valence-electron chi connectivity index (χ4n) is 1.51. The fraction of sp³-hybridized carbons (Fsp3) is 0.308. The maximum Gasteiger partial charge on any atom is 0.104 e. The van der Waals surface area contributed by atoms with E-state index >= 15 is 0 Å². The number of aliphatic hydroxyl groups is 1. The van der Waals surface area contributed by atoms with Gasteiger partial charge in [0.2, 0.25) is 0 Å². The molecule has 1 N–H and O–H groups in total. The molecule has 2 atom stereocenters. The highest BCUT2D eigenvalue weighted by Gasteiger charge is 2.13. The van der Waals surface area contributed by atoms with Gasteiger partial charge in [-0.05, 0) is 19.1 Å². The van der Waals surface area contributed by atoms with Crippen molar-refractivity contribution >= 4 is 38.5 Å². The summed E-state index contributed by atoms with van der Waals surface area (Å²) in [6.45, 7) is 3.81. The van der Waals surface area contributed by atoms with E-state index in [2.05, 4.69) is 27.0 Å². The van der Waals surface area contributed by atoms with E-state index in [9.17, 15) is 5.11 Å². The number of aliphatic hydroxyl groups excluding tert-OH is 1. The summed E-state index contributed by atoms with van der Waals surface area (Å²) in [6, 6.07) is 8.08. The van der Waals surface area contributed by atoms with Crippen molar-refractivity contribution < 1.29 is 5.11 Å². The zero-order valence-corrected chi connectivity index (χ0v) is 12.1. The standard InChI is InChI=1S/C13H14BrNOS/c1-8(16)9(2)17-13-11-4-3-5-12(14)10(11)6-7-15-13/h3-9,16H,1-2H3. The Labute approximate surface area is 114 Å². The Bertz CT molecular complexity index is 530. The molecule has 17 heavy (non-hydrogen) atoms. The highest BCUT2D eigenvalue weighted by atomic mass is 79.9. The largest absolute Gasteiger partial charge is 0.392 e. The number of aromatic nitrogens is 1. The molecule has 0 amide bonds. The second kappa shape index (κ2) is 5.38. The molecular formula is C13H14BrNOS. The topological polar surface area (TPSA) is 33.1 Å². The highest BCUT2D eigenvalue weighted by Crippen LogP contribution is 2.32. The van der Waals surface area contributed by atoms with Gasteiger partial charge < -0.3 is 5.11 Å². The minimum absolute atomic E-state index is 0.132. The Balaban J connectivity index is 2.44. The number of benzene rings is 1. The van der Waals surface area contributed by atoms with Crippen molar-refractivity contribution in [3.63, 3.8) is 0 Å². The number of rotatable bonds is 3. The Morgan fingerprint density at radius 1 is 1.24 bits per heavy atom. The average Bonchev–Trinajstić information content (AvgIpc) is 2.30. The molecular weight excluding hydrogens is 298 g/mol. The Hall–Kier alpha value is -0.580. The van der Waals surface area contributed by atoms with Crippen LogP contribution in [0.3, 0.4) is 0 Å². The van der Waals surface area contributed by atoms with Crippen LogP contribution < -0.4 is 0 Å². The van der Waals surface area contributed by atoms with Gasteiger partial charge in [-0.25, -0.2) is 4.98 Å². The maximum absolute atomic E-state index is 9.55. The molecule has 4 heteroatoms. The summed E-state index contributed by atoms with van der Waals surface area (Å²) in [5.74, 6) is 0. The minimum atomic E-state index is -0.343. The number of hydrogen-bond acceptors (Lipinski definition) is 3. The third-order valence-corrected chi connectivity index (χ3v) is 4.70. The second-order valence-electron chi connectivity index (χ2n) is 4.01. The normalized spacial score (nSPS) is 14.8. The molecule has 0 saturated heterocycles. The van der Waals surface area contributed by atoms with Crippen LogP contribution in [-0.2, 0) is 0 Å². The first-order valence-electron chi connectivity index (χ1n) is 5.47. The van der Waals surface area contributed by atoms with Crippen molar-refractivity contribution in [2.24, 2.45) is 0 Å². The molecule has 0 fully saturated rings. The van der Waals surface area contributed by atoms with Crippen LogP contribution in [0.4, 0.5) is 0 Å². The molecule has 0 aliphatic heterocycles. The molecule has 0 bridgehead atoms. The maximum atomic E-state index is 9.55. The molecule has 2 aromatic rings. The Kier molecular flexibility index (Phi) is 4.07. The highest BCUT2D eigenvalue weighted by molar-refractivity contribution is 9.10. The van der Waals surface area contributed by atoms with Gasteiger partial charge in [-0.3, -0.25) is 0 Å². The van der Waals surface area contributed by atoms with E-state index in [0.717, 1.165) is 20.3 Å². The third kappa shape index (κ3) is 2.81. The lowest BCUT2D eigenvalue weighted by atomic mass is 10.2. The molecule has 2 unspecified atom stereocenters. The predicted octanol–water partition coefficient (Wildman–Crippen LogP) is 3.86. The van der Waals surface area contributed by atoms with E-state index in [-0.39, 0.29) is 11.4 Å². The van der Waals surface area contributed by atoms with E-state index in [1.54, 1.807) is 18.7 Å². The zero-order chi connectivity index (χ0) is 12.4. The van der Waals surface area contributed by atoms with Crippen molar-refractivity contribution in [2.45, 2.75) is 30.2 Å². The lowest BCUT2D eigenvalue weighted by Gasteiger charge is -2.14. The molecule has 2 nitrogen and oxygen atoms in total. The van der Waals surface area contributed by atoms with Crippen molar-refractivity contribution in [3.8, 4) is 0 Å². The molecule has 0 aliphatic rings. The SMILES string of the molecule is CC(O)C(C)Sc1nccc2c(Br)cccc12. The third-order valence-electron chi connectivity index (χ3n) is 2.69. The van der Waals surface area contributed by atoms with E-state index in [4.69, 9.17) is 0 Å². The van der Waals surface area contributed by atoms with Crippen LogP contribution in [0, 0.1) is 0 Å². The first-order chi connectivity index (χ1) is 8.09. The quantitative estimate of drug-likeness (QED) is 0.874. The average molecular weight is 312 g/mol. The lowest BCUT2D eigenvalue weighted by molar-refractivity contribution is 0.196. The molecule has 0 spiro atoms. The molecule has 0 radical (unpaired) electrons. The summed E-state index contributed by atoms with van der Waals surface area (Å²) in [5.41, 5.74) is 0. The summed E-state index contributed by atoms with van der Waals surface area (Å²) < 4.78 is 1.07. The number of fused-ring (bicyclic) bond motifs is 1. The summed E-state index contributed by atoms with van der Waals surface area (Å²) in [4.78, 5) is 4.40. The number of nitrogens with zero attached hydrogens (tertiary/aromatic N) is 1. The number of thioether (sulfide) groups is 1. The molecule has 0 saturated carbocycles. The molecule has 90 valence electrons. The molecule has 0 aliphatic carbocycles. The number of halogens is 1. The van der Waals surface area contributed by atoms with Gasteiger partial charge in [0.15, 0.2) is 0 Å². The minimum Gasteiger partial charge on any atom is -0.392 e. The molecule has 1 aromatic carbocycles. The Morgan fingerprint density at radius 2 is 2.00 bits per heavy atom. The predicted molar refractivity (Wildman–Crippen MR) is 76.4 cm³/mol. The van der Waals surface area contributed by atoms with Crippen LogP contribution in [0.1, 0.15) is 13.8 Å². The van der Waals surface area contributed by atoms with Crippen LogP contribution in [-0.4, -0.2) is 21.4 Å². The van der Waals surface area contributed by atoms with Crippen LogP contribution in [0.2, 0.25) is 0 Å². The van der Waals surface area contributed by atoms with E-state index < -0.39 is 0 Å². The molecule has 1 heterocycles. The van der Waals surface area contributed by atoms with Gasteiger partial charge in [-0.15, -0.1) is 11.8 Å². The van der Waals surface area contributed by atoms with Gasteiger partial charge in [-0.2, -0.15) is 0 Å². The summed E-state index contributed by atoms with van der Waals surface area (Å²) in [7, 11) is 0. The van der Waals surface area contributed by atoms with Gasteiger partial charge in [0.25, 0.3) is 0 Å². The monoisotopic (exact) mass is 311 g/mol. The van der Waals surface area contributed by atoms with Gasteiger partial charge in [0.1, 0.15) is 5.03 Å². The molecule has 1 aromatic heterocycles. The zero-order valence-electron chi connectivity index (χ0n) is 9.72. The van der Waals surface area contributed by atoms with Gasteiger partial charge >= 0.3 is 0 Å². The second-order valence-corrected chi connectivity index (χ2v) is 6.23. The van der Waals surface area contributed by atoms with Crippen molar-refractivity contribution in [1.82, 2.24) is 4.98 Å². The van der Waals surface area contributed by atoms with E-state index in [1.165, 1.54) is 0 Å². The van der Waals surface area contributed by atoms with Crippen molar-refractivity contribution in [2.75, 3.05) is 0 Å².